The van der Waals surface area contributed by atoms with Gasteiger partial charge in [-0.05, 0) is 72.8 Å². The van der Waals surface area contributed by atoms with Crippen LogP contribution < -0.4 is 0 Å². The fourth-order valence-corrected chi connectivity index (χ4v) is 7.59. The van der Waals surface area contributed by atoms with Gasteiger partial charge in [0.15, 0.2) is 0 Å². The molecule has 0 aromatic rings. The molecule has 0 aliphatic heterocycles. The number of rotatable bonds is 8. The Labute approximate surface area is 205 Å². The van der Waals surface area contributed by atoms with Gasteiger partial charge < -0.3 is 24.4 Å². The molecule has 0 saturated heterocycles. The van der Waals surface area contributed by atoms with E-state index in [4.69, 9.17) is 9.05 Å². The second-order valence-electron chi connectivity index (χ2n) is 10.6. The van der Waals surface area contributed by atoms with Crippen LogP contribution in [0.15, 0.2) is 47.6 Å². The van der Waals surface area contributed by atoms with Gasteiger partial charge in [-0.3, -0.25) is 4.57 Å². The largest absolute Gasteiger partial charge is 0.393 e. The second kappa shape index (κ2) is 11.4. The molecular weight excluding hydrogens is 451 g/mol. The Kier molecular flexibility index (Phi) is 9.22. The van der Waals surface area contributed by atoms with E-state index in [1.807, 2.05) is 0 Å². The van der Waals surface area contributed by atoms with Crippen molar-refractivity contribution in [1.29, 1.82) is 0 Å². The lowest BCUT2D eigenvalue weighted by molar-refractivity contribution is 0.0862. The zero-order valence-electron chi connectivity index (χ0n) is 21.2. The van der Waals surface area contributed by atoms with E-state index < -0.39 is 25.9 Å². The molecule has 7 atom stereocenters. The van der Waals surface area contributed by atoms with Crippen molar-refractivity contribution in [3.63, 3.8) is 0 Å². The van der Waals surface area contributed by atoms with Gasteiger partial charge in [-0.1, -0.05) is 50.3 Å². The molecule has 0 unspecified atom stereocenters. The van der Waals surface area contributed by atoms with Crippen molar-refractivity contribution in [1.82, 2.24) is 0 Å². The smallest absolute Gasteiger partial charge is 0.333 e. The standard InChI is InChI=1S/C27H43O6P/c1-18(8-11-22(28)17-34(31,32-4)33-5)24-12-13-25-20(7-6-14-27(24,25)3)9-10-21-15-23(29)16-26(30)19(21)2/h8-11,18,22-26,28-30H,2,6-7,12-17H2,1,3-5H3/b11-8+,20-9+,21-10-/t18-,22+,23-,24-,25+,26+,27-/m1/s1. The Morgan fingerprint density at radius 1 is 1.21 bits per heavy atom. The molecule has 3 rings (SSSR count). The first-order chi connectivity index (χ1) is 16.0. The first-order valence-corrected chi connectivity index (χ1v) is 14.3. The van der Waals surface area contributed by atoms with Crippen LogP contribution in [0.25, 0.3) is 0 Å². The summed E-state index contributed by atoms with van der Waals surface area (Å²) in [5, 5.41) is 30.6. The third-order valence-corrected chi connectivity index (χ3v) is 10.5. The molecule has 0 aromatic carbocycles. The zero-order chi connectivity index (χ0) is 25.1. The SMILES string of the molecule is C=C1/C(=C\C=C2/CCC[C@]3(C)[C@@H]([C@H](C)/C=C/[C@H](O)CP(=O)(OC)OC)CC[C@@H]23)C[C@@H](O)C[C@@H]1O. The van der Waals surface area contributed by atoms with Crippen molar-refractivity contribution < 1.29 is 28.9 Å². The topological polar surface area (TPSA) is 96.2 Å². The van der Waals surface area contributed by atoms with Crippen LogP contribution in [-0.4, -0.2) is 54.0 Å². The minimum absolute atomic E-state index is 0.0516. The molecule has 34 heavy (non-hydrogen) atoms. The maximum absolute atomic E-state index is 12.3. The maximum atomic E-state index is 12.3. The first-order valence-electron chi connectivity index (χ1n) is 12.5. The van der Waals surface area contributed by atoms with Gasteiger partial charge in [0, 0.05) is 20.6 Å². The van der Waals surface area contributed by atoms with Crippen molar-refractivity contribution in [2.45, 2.75) is 77.1 Å². The highest BCUT2D eigenvalue weighted by molar-refractivity contribution is 7.53. The molecule has 3 aliphatic rings. The summed E-state index contributed by atoms with van der Waals surface area (Å²) in [6, 6.07) is 0. The fourth-order valence-electron chi connectivity index (χ4n) is 6.56. The lowest BCUT2D eigenvalue weighted by atomic mass is 9.61. The molecule has 192 valence electrons. The first kappa shape index (κ1) is 27.6. The van der Waals surface area contributed by atoms with Crippen molar-refractivity contribution in [2.75, 3.05) is 20.4 Å². The quantitative estimate of drug-likeness (QED) is 0.318. The molecule has 3 fully saturated rings. The van der Waals surface area contributed by atoms with E-state index in [1.165, 1.54) is 26.2 Å². The van der Waals surface area contributed by atoms with Crippen molar-refractivity contribution in [3.8, 4) is 0 Å². The Bertz CT molecular complexity index is 868. The maximum Gasteiger partial charge on any atom is 0.333 e. The predicted octanol–water partition coefficient (Wildman–Crippen LogP) is 5.17. The van der Waals surface area contributed by atoms with E-state index in [0.29, 0.717) is 24.7 Å². The Morgan fingerprint density at radius 2 is 1.91 bits per heavy atom. The summed E-state index contributed by atoms with van der Waals surface area (Å²) in [6.07, 6.45) is 12.6. The predicted molar refractivity (Wildman–Crippen MR) is 136 cm³/mol. The molecule has 0 heterocycles. The van der Waals surface area contributed by atoms with Crippen molar-refractivity contribution in [3.05, 3.63) is 47.6 Å². The van der Waals surface area contributed by atoms with Gasteiger partial charge in [-0.2, -0.15) is 0 Å². The average Bonchev–Trinajstić information content (AvgIpc) is 3.16. The number of allylic oxidation sites excluding steroid dienone is 4. The van der Waals surface area contributed by atoms with Crippen LogP contribution in [0.5, 0.6) is 0 Å². The third-order valence-electron chi connectivity index (χ3n) is 8.54. The van der Waals surface area contributed by atoms with Gasteiger partial charge in [0.05, 0.1) is 24.5 Å². The molecule has 0 spiro atoms. The van der Waals surface area contributed by atoms with Crippen LogP contribution in [0.1, 0.15) is 58.8 Å². The van der Waals surface area contributed by atoms with Crippen LogP contribution in [0.4, 0.5) is 0 Å². The summed E-state index contributed by atoms with van der Waals surface area (Å²) in [4.78, 5) is 0. The number of hydrogen-bond donors (Lipinski definition) is 3. The molecule has 6 nitrogen and oxygen atoms in total. The highest BCUT2D eigenvalue weighted by Gasteiger charge is 2.50. The van der Waals surface area contributed by atoms with Crippen LogP contribution in [0, 0.1) is 23.2 Å². The highest BCUT2D eigenvalue weighted by atomic mass is 31.2. The number of hydrogen-bond acceptors (Lipinski definition) is 6. The van der Waals surface area contributed by atoms with Crippen molar-refractivity contribution in [2.24, 2.45) is 23.2 Å². The lowest BCUT2D eigenvalue weighted by Crippen LogP contribution is -2.35. The van der Waals surface area contributed by atoms with Gasteiger partial charge in [-0.15, -0.1) is 0 Å². The number of fused-ring (bicyclic) bond motifs is 1. The normalized spacial score (nSPS) is 36.9. The molecule has 0 radical (unpaired) electrons. The highest BCUT2D eigenvalue weighted by Crippen LogP contribution is 2.59. The van der Waals surface area contributed by atoms with E-state index in [-0.39, 0.29) is 17.5 Å². The third kappa shape index (κ3) is 6.03. The van der Waals surface area contributed by atoms with Crippen LogP contribution in [0.3, 0.4) is 0 Å². The minimum Gasteiger partial charge on any atom is -0.393 e. The minimum atomic E-state index is -3.25. The summed E-state index contributed by atoms with van der Waals surface area (Å²) in [7, 11) is -0.582. The second-order valence-corrected chi connectivity index (χ2v) is 13.0. The summed E-state index contributed by atoms with van der Waals surface area (Å²) < 4.78 is 22.2. The Morgan fingerprint density at radius 3 is 2.59 bits per heavy atom. The number of aliphatic hydroxyl groups is 3. The zero-order valence-corrected chi connectivity index (χ0v) is 22.0. The van der Waals surface area contributed by atoms with E-state index in [1.54, 1.807) is 6.08 Å². The van der Waals surface area contributed by atoms with E-state index in [0.717, 1.165) is 36.8 Å². The Hall–Kier alpha value is -1.01. The molecule has 0 bridgehead atoms. The Balaban J connectivity index is 1.71. The van der Waals surface area contributed by atoms with E-state index in [2.05, 4.69) is 38.7 Å². The fraction of sp³-hybridized carbons (Fsp3) is 0.704. The monoisotopic (exact) mass is 494 g/mol. The number of aliphatic hydroxyl groups excluding tert-OH is 3. The van der Waals surface area contributed by atoms with Gasteiger partial charge >= 0.3 is 7.60 Å². The molecule has 7 heteroatoms. The summed E-state index contributed by atoms with van der Waals surface area (Å²) >= 11 is 0. The summed E-state index contributed by atoms with van der Waals surface area (Å²) in [5.41, 5.74) is 3.33. The van der Waals surface area contributed by atoms with Gasteiger partial charge in [0.1, 0.15) is 0 Å². The van der Waals surface area contributed by atoms with E-state index >= 15 is 0 Å². The summed E-state index contributed by atoms with van der Waals surface area (Å²) in [5.74, 6) is 1.30. The molecule has 3 aliphatic carbocycles. The molecule has 0 aromatic heterocycles. The van der Waals surface area contributed by atoms with Gasteiger partial charge in [0.2, 0.25) is 0 Å². The molecule has 3 N–H and O–H groups in total. The average molecular weight is 495 g/mol. The van der Waals surface area contributed by atoms with Gasteiger partial charge in [-0.25, -0.2) is 0 Å². The van der Waals surface area contributed by atoms with Crippen LogP contribution in [-0.2, 0) is 13.6 Å². The molecule has 0 amide bonds. The van der Waals surface area contributed by atoms with E-state index in [9.17, 15) is 19.9 Å². The summed E-state index contributed by atoms with van der Waals surface area (Å²) in [6.45, 7) is 8.66. The van der Waals surface area contributed by atoms with Crippen LogP contribution >= 0.6 is 7.60 Å². The molecule has 3 saturated carbocycles. The lowest BCUT2D eigenvalue weighted by Gasteiger charge is -2.44. The molecular formula is C27H43O6P. The van der Waals surface area contributed by atoms with Crippen LogP contribution in [0.2, 0.25) is 0 Å². The van der Waals surface area contributed by atoms with Crippen molar-refractivity contribution >= 4 is 7.60 Å². The van der Waals surface area contributed by atoms with Gasteiger partial charge in [0.25, 0.3) is 0 Å².